The molecule has 0 radical (unpaired) electrons. The summed E-state index contributed by atoms with van der Waals surface area (Å²) in [5, 5.41) is 0. The number of benzene rings is 1. The topological polar surface area (TPSA) is 54.8 Å². The summed E-state index contributed by atoms with van der Waals surface area (Å²) in [6, 6.07) is 10.8. The van der Waals surface area contributed by atoms with Crippen molar-refractivity contribution in [3.63, 3.8) is 0 Å². The Balaban J connectivity index is 1.49. The zero-order valence-corrected chi connectivity index (χ0v) is 21.5. The van der Waals surface area contributed by atoms with Crippen molar-refractivity contribution in [1.82, 2.24) is 14.4 Å². The Morgan fingerprint density at radius 3 is 2.44 bits per heavy atom. The Morgan fingerprint density at radius 1 is 1.03 bits per heavy atom. The number of hydrogen-bond acceptors (Lipinski definition) is 3. The molecule has 1 heterocycles. The molecule has 0 aliphatic heterocycles. The molecular formula is C29H40FN3O3. The van der Waals surface area contributed by atoms with E-state index < -0.39 is 0 Å². The van der Waals surface area contributed by atoms with Gasteiger partial charge in [-0.25, -0.2) is 4.39 Å². The molecule has 2 saturated carbocycles. The van der Waals surface area contributed by atoms with Crippen LogP contribution in [-0.4, -0.2) is 59.0 Å². The molecule has 0 bridgehead atoms. The van der Waals surface area contributed by atoms with Gasteiger partial charge in [-0.2, -0.15) is 0 Å². The Morgan fingerprint density at radius 2 is 1.78 bits per heavy atom. The highest BCUT2D eigenvalue weighted by atomic mass is 19.1. The van der Waals surface area contributed by atoms with E-state index in [1.807, 2.05) is 17.2 Å². The first kappa shape index (κ1) is 26.4. The quantitative estimate of drug-likeness (QED) is 0.388. The maximum absolute atomic E-state index is 13.8. The summed E-state index contributed by atoms with van der Waals surface area (Å²) in [5.74, 6) is -0.0287. The summed E-state index contributed by atoms with van der Waals surface area (Å²) >= 11 is 0. The first-order valence-electron chi connectivity index (χ1n) is 13.5. The SMILES string of the molecule is COCCCN(CC(=O)N(Cc1cccn1Cc1ccc(F)cc1)C1CCCCC1)C(=O)C1CCC1. The van der Waals surface area contributed by atoms with E-state index in [9.17, 15) is 14.0 Å². The summed E-state index contributed by atoms with van der Waals surface area (Å²) in [5.41, 5.74) is 2.06. The highest BCUT2D eigenvalue weighted by molar-refractivity contribution is 5.86. The smallest absolute Gasteiger partial charge is 0.242 e. The van der Waals surface area contributed by atoms with Crippen molar-refractivity contribution >= 4 is 11.8 Å². The summed E-state index contributed by atoms with van der Waals surface area (Å²) in [6.45, 7) is 2.40. The maximum atomic E-state index is 13.8. The van der Waals surface area contributed by atoms with Gasteiger partial charge in [0, 0.05) is 50.7 Å². The fraction of sp³-hybridized carbons (Fsp3) is 0.586. The largest absolute Gasteiger partial charge is 0.385 e. The minimum absolute atomic E-state index is 0.0292. The monoisotopic (exact) mass is 497 g/mol. The molecule has 0 unspecified atom stereocenters. The molecule has 6 nitrogen and oxygen atoms in total. The van der Waals surface area contributed by atoms with Gasteiger partial charge in [0.05, 0.1) is 13.1 Å². The molecule has 0 saturated heterocycles. The Labute approximate surface area is 214 Å². The van der Waals surface area contributed by atoms with Gasteiger partial charge in [-0.15, -0.1) is 0 Å². The van der Waals surface area contributed by atoms with Crippen LogP contribution in [0, 0.1) is 11.7 Å². The van der Waals surface area contributed by atoms with Gasteiger partial charge in [-0.3, -0.25) is 9.59 Å². The van der Waals surface area contributed by atoms with E-state index in [0.29, 0.717) is 26.2 Å². The van der Waals surface area contributed by atoms with Crippen LogP contribution >= 0.6 is 0 Å². The molecular weight excluding hydrogens is 457 g/mol. The molecule has 0 atom stereocenters. The van der Waals surface area contributed by atoms with Gasteiger partial charge in [-0.1, -0.05) is 37.8 Å². The van der Waals surface area contributed by atoms with Gasteiger partial charge in [-0.05, 0) is 61.9 Å². The Bertz CT molecular complexity index is 980. The summed E-state index contributed by atoms with van der Waals surface area (Å²) < 4.78 is 20.7. The van der Waals surface area contributed by atoms with Gasteiger partial charge < -0.3 is 19.1 Å². The number of ether oxygens (including phenoxy) is 1. The van der Waals surface area contributed by atoms with Gasteiger partial charge in [0.1, 0.15) is 5.82 Å². The lowest BCUT2D eigenvalue weighted by Gasteiger charge is -2.37. The molecule has 4 rings (SSSR count). The van der Waals surface area contributed by atoms with Crippen LogP contribution in [0.25, 0.3) is 0 Å². The molecule has 2 amide bonds. The third-order valence-electron chi connectivity index (χ3n) is 7.73. The lowest BCUT2D eigenvalue weighted by molar-refractivity contribution is -0.146. The minimum atomic E-state index is -0.243. The lowest BCUT2D eigenvalue weighted by atomic mass is 9.84. The van der Waals surface area contributed by atoms with E-state index >= 15 is 0 Å². The molecule has 36 heavy (non-hydrogen) atoms. The van der Waals surface area contributed by atoms with Crippen LogP contribution in [0.2, 0.25) is 0 Å². The number of carbonyl (C=O) groups is 2. The van der Waals surface area contributed by atoms with Gasteiger partial charge in [0.2, 0.25) is 11.8 Å². The highest BCUT2D eigenvalue weighted by Crippen LogP contribution is 2.29. The normalized spacial score (nSPS) is 16.5. The standard InChI is InChI=1S/C29H40FN3O3/c1-36-19-7-18-32(29(35)24-8-5-9-24)22-28(34)33(26-10-3-2-4-11-26)21-27-12-6-17-31(27)20-23-13-15-25(30)16-14-23/h6,12-17,24,26H,2-5,7-11,18-22H2,1H3. The Hall–Kier alpha value is -2.67. The number of halogens is 1. The molecule has 1 aromatic heterocycles. The van der Waals surface area contributed by atoms with Crippen molar-refractivity contribution < 1.29 is 18.7 Å². The minimum Gasteiger partial charge on any atom is -0.385 e. The van der Waals surface area contributed by atoms with Crippen molar-refractivity contribution in [3.8, 4) is 0 Å². The van der Waals surface area contributed by atoms with Crippen LogP contribution in [0.4, 0.5) is 4.39 Å². The second-order valence-corrected chi connectivity index (χ2v) is 10.3. The van der Waals surface area contributed by atoms with Crippen molar-refractivity contribution in [2.24, 2.45) is 5.92 Å². The maximum Gasteiger partial charge on any atom is 0.242 e. The first-order valence-corrected chi connectivity index (χ1v) is 13.5. The number of hydrogen-bond donors (Lipinski definition) is 0. The van der Waals surface area contributed by atoms with Gasteiger partial charge in [0.25, 0.3) is 0 Å². The number of nitrogens with zero attached hydrogens (tertiary/aromatic N) is 3. The van der Waals surface area contributed by atoms with Gasteiger partial charge in [0.15, 0.2) is 0 Å². The van der Waals surface area contributed by atoms with Crippen molar-refractivity contribution in [1.29, 1.82) is 0 Å². The van der Waals surface area contributed by atoms with Crippen LogP contribution in [0.5, 0.6) is 0 Å². The molecule has 0 N–H and O–H groups in total. The Kier molecular flexibility index (Phi) is 9.56. The average molecular weight is 498 g/mol. The van der Waals surface area contributed by atoms with Crippen LogP contribution in [-0.2, 0) is 27.4 Å². The van der Waals surface area contributed by atoms with E-state index in [1.165, 1.54) is 18.6 Å². The fourth-order valence-corrected chi connectivity index (χ4v) is 5.36. The van der Waals surface area contributed by atoms with Crippen LogP contribution < -0.4 is 0 Å². The second kappa shape index (κ2) is 13.0. The zero-order valence-electron chi connectivity index (χ0n) is 21.5. The number of carbonyl (C=O) groups excluding carboxylic acids is 2. The fourth-order valence-electron chi connectivity index (χ4n) is 5.36. The van der Waals surface area contributed by atoms with Crippen molar-refractivity contribution in [2.75, 3.05) is 26.8 Å². The van der Waals surface area contributed by atoms with Crippen LogP contribution in [0.15, 0.2) is 42.6 Å². The molecule has 2 aliphatic rings. The molecule has 0 spiro atoms. The van der Waals surface area contributed by atoms with E-state index in [-0.39, 0.29) is 36.1 Å². The van der Waals surface area contributed by atoms with Gasteiger partial charge >= 0.3 is 0 Å². The predicted octanol–water partition coefficient (Wildman–Crippen LogP) is 5.00. The van der Waals surface area contributed by atoms with E-state index in [1.54, 1.807) is 24.1 Å². The third-order valence-corrected chi connectivity index (χ3v) is 7.73. The van der Waals surface area contributed by atoms with Crippen LogP contribution in [0.3, 0.4) is 0 Å². The first-order chi connectivity index (χ1) is 17.5. The number of methoxy groups -OCH3 is 1. The molecule has 2 aliphatic carbocycles. The molecule has 2 fully saturated rings. The third kappa shape index (κ3) is 6.96. The molecule has 1 aromatic carbocycles. The second-order valence-electron chi connectivity index (χ2n) is 10.3. The lowest BCUT2D eigenvalue weighted by Crippen LogP contribution is -2.49. The van der Waals surface area contributed by atoms with Crippen molar-refractivity contribution in [3.05, 3.63) is 59.7 Å². The summed E-state index contributed by atoms with van der Waals surface area (Å²) in [6.07, 6.45) is 11.2. The molecule has 196 valence electrons. The summed E-state index contributed by atoms with van der Waals surface area (Å²) in [7, 11) is 1.66. The predicted molar refractivity (Wildman–Crippen MR) is 138 cm³/mol. The number of rotatable bonds is 12. The summed E-state index contributed by atoms with van der Waals surface area (Å²) in [4.78, 5) is 30.7. The van der Waals surface area contributed by atoms with E-state index in [2.05, 4.69) is 10.6 Å². The molecule has 2 aromatic rings. The highest BCUT2D eigenvalue weighted by Gasteiger charge is 2.33. The zero-order chi connectivity index (χ0) is 25.3. The van der Waals surface area contributed by atoms with E-state index in [0.717, 1.165) is 62.6 Å². The number of aromatic nitrogens is 1. The number of amides is 2. The van der Waals surface area contributed by atoms with Crippen LogP contribution in [0.1, 0.15) is 69.0 Å². The van der Waals surface area contributed by atoms with Crippen molar-refractivity contribution in [2.45, 2.75) is 76.9 Å². The average Bonchev–Trinajstić information content (AvgIpc) is 3.29. The molecule has 7 heteroatoms. The van der Waals surface area contributed by atoms with E-state index in [4.69, 9.17) is 4.74 Å².